The second-order valence-corrected chi connectivity index (χ2v) is 6.44. The largest absolute Gasteiger partial charge is 0.353 e. The van der Waals surface area contributed by atoms with Crippen LogP contribution in [-0.2, 0) is 6.54 Å². The molecule has 8 nitrogen and oxygen atoms in total. The van der Waals surface area contributed by atoms with E-state index in [1.807, 2.05) is 35.2 Å². The van der Waals surface area contributed by atoms with Gasteiger partial charge in [-0.25, -0.2) is 15.0 Å². The predicted molar refractivity (Wildman–Crippen MR) is 106 cm³/mol. The number of nitrogens with one attached hydrogen (secondary N) is 1. The number of pyridine rings is 2. The van der Waals surface area contributed by atoms with Crippen LogP contribution in [-0.4, -0.2) is 56.9 Å². The highest BCUT2D eigenvalue weighted by atomic mass is 16.2. The molecular formula is C20H21N7O. The van der Waals surface area contributed by atoms with Crippen LogP contribution in [0.15, 0.2) is 61.2 Å². The summed E-state index contributed by atoms with van der Waals surface area (Å²) in [6.07, 6.45) is 6.87. The number of hydrogen-bond donors (Lipinski definition) is 1. The summed E-state index contributed by atoms with van der Waals surface area (Å²) in [5.74, 6) is 1.31. The monoisotopic (exact) mass is 375 g/mol. The van der Waals surface area contributed by atoms with Gasteiger partial charge < -0.3 is 15.1 Å². The maximum Gasteiger partial charge on any atom is 0.272 e. The molecule has 4 rings (SSSR count). The lowest BCUT2D eigenvalue weighted by Gasteiger charge is -2.35. The predicted octanol–water partition coefficient (Wildman–Crippen LogP) is 1.84. The molecule has 28 heavy (non-hydrogen) atoms. The molecule has 0 unspecified atom stereocenters. The van der Waals surface area contributed by atoms with Crippen molar-refractivity contribution in [2.45, 2.75) is 6.54 Å². The van der Waals surface area contributed by atoms with Crippen molar-refractivity contribution in [2.75, 3.05) is 36.4 Å². The number of hydrogen-bond acceptors (Lipinski definition) is 7. The van der Waals surface area contributed by atoms with E-state index >= 15 is 0 Å². The first-order valence-electron chi connectivity index (χ1n) is 9.21. The molecule has 0 radical (unpaired) electrons. The first-order valence-corrected chi connectivity index (χ1v) is 9.21. The highest BCUT2D eigenvalue weighted by Gasteiger charge is 2.23. The van der Waals surface area contributed by atoms with Gasteiger partial charge in [-0.2, -0.15) is 0 Å². The first-order chi connectivity index (χ1) is 13.8. The van der Waals surface area contributed by atoms with Gasteiger partial charge in [-0.1, -0.05) is 6.07 Å². The third-order valence-electron chi connectivity index (χ3n) is 4.61. The molecule has 8 heteroatoms. The minimum atomic E-state index is -0.0740. The van der Waals surface area contributed by atoms with E-state index in [4.69, 9.17) is 0 Å². The molecule has 3 aromatic heterocycles. The molecule has 0 aromatic carbocycles. The quantitative estimate of drug-likeness (QED) is 0.728. The van der Waals surface area contributed by atoms with Gasteiger partial charge in [0.2, 0.25) is 5.95 Å². The summed E-state index contributed by atoms with van der Waals surface area (Å²) in [5, 5.41) is 3.15. The Bertz CT molecular complexity index is 912. The maximum absolute atomic E-state index is 12.8. The van der Waals surface area contributed by atoms with Gasteiger partial charge in [-0.05, 0) is 35.9 Å². The topological polar surface area (TPSA) is 87.1 Å². The van der Waals surface area contributed by atoms with E-state index in [9.17, 15) is 4.79 Å². The molecule has 142 valence electrons. The first kappa shape index (κ1) is 17.8. The van der Waals surface area contributed by atoms with Gasteiger partial charge in [-0.15, -0.1) is 0 Å². The minimum absolute atomic E-state index is 0.0740. The van der Waals surface area contributed by atoms with Gasteiger partial charge in [0.05, 0.1) is 0 Å². The number of carbonyl (C=O) groups is 1. The molecule has 0 atom stereocenters. The molecule has 1 aliphatic rings. The van der Waals surface area contributed by atoms with E-state index in [0.29, 0.717) is 31.3 Å². The van der Waals surface area contributed by atoms with Crippen LogP contribution in [0.4, 0.5) is 11.8 Å². The fourth-order valence-electron chi connectivity index (χ4n) is 3.09. The molecular weight excluding hydrogens is 354 g/mol. The minimum Gasteiger partial charge on any atom is -0.353 e. The zero-order valence-corrected chi connectivity index (χ0v) is 15.4. The molecule has 0 aliphatic carbocycles. The van der Waals surface area contributed by atoms with Crippen LogP contribution in [0.2, 0.25) is 0 Å². The Morgan fingerprint density at radius 2 is 1.75 bits per heavy atom. The Kier molecular flexibility index (Phi) is 5.37. The van der Waals surface area contributed by atoms with Gasteiger partial charge in [0.25, 0.3) is 5.91 Å². The number of nitrogens with zero attached hydrogens (tertiary/aromatic N) is 6. The van der Waals surface area contributed by atoms with Crippen LogP contribution in [0, 0.1) is 0 Å². The zero-order valence-electron chi connectivity index (χ0n) is 15.4. The van der Waals surface area contributed by atoms with Crippen molar-refractivity contribution in [2.24, 2.45) is 0 Å². The third-order valence-corrected chi connectivity index (χ3v) is 4.61. The number of aromatic nitrogens is 4. The van der Waals surface area contributed by atoms with Crippen molar-refractivity contribution in [3.05, 3.63) is 72.4 Å². The SMILES string of the molecule is O=C(c1ccnc(NCc2ccncc2)n1)N1CCN(c2ccccn2)CC1. The second kappa shape index (κ2) is 8.43. The van der Waals surface area contributed by atoms with Crippen molar-refractivity contribution in [3.8, 4) is 0 Å². The van der Waals surface area contributed by atoms with Crippen LogP contribution in [0.1, 0.15) is 16.1 Å². The van der Waals surface area contributed by atoms with Crippen molar-refractivity contribution < 1.29 is 4.79 Å². The van der Waals surface area contributed by atoms with Crippen molar-refractivity contribution in [1.29, 1.82) is 0 Å². The molecule has 1 amide bonds. The number of amides is 1. The van der Waals surface area contributed by atoms with E-state index < -0.39 is 0 Å². The highest BCUT2D eigenvalue weighted by molar-refractivity contribution is 5.92. The Balaban J connectivity index is 1.36. The number of anilines is 2. The lowest BCUT2D eigenvalue weighted by atomic mass is 10.2. The summed E-state index contributed by atoms with van der Waals surface area (Å²) in [6.45, 7) is 3.35. The van der Waals surface area contributed by atoms with E-state index in [1.165, 1.54) is 0 Å². The summed E-state index contributed by atoms with van der Waals surface area (Å²) in [4.78, 5) is 33.8. The molecule has 3 aromatic rings. The van der Waals surface area contributed by atoms with Crippen LogP contribution >= 0.6 is 0 Å². The molecule has 1 fully saturated rings. The number of carbonyl (C=O) groups excluding carboxylic acids is 1. The fourth-order valence-corrected chi connectivity index (χ4v) is 3.09. The number of rotatable bonds is 5. The average molecular weight is 375 g/mol. The molecule has 1 aliphatic heterocycles. The smallest absolute Gasteiger partial charge is 0.272 e. The van der Waals surface area contributed by atoms with Gasteiger partial charge in [0.1, 0.15) is 11.5 Å². The van der Waals surface area contributed by atoms with E-state index in [2.05, 4.69) is 30.2 Å². The Morgan fingerprint density at radius 3 is 2.50 bits per heavy atom. The third kappa shape index (κ3) is 4.22. The molecule has 0 saturated carbocycles. The van der Waals surface area contributed by atoms with E-state index in [0.717, 1.165) is 24.5 Å². The van der Waals surface area contributed by atoms with Gasteiger partial charge in [0.15, 0.2) is 0 Å². The Morgan fingerprint density at radius 1 is 0.929 bits per heavy atom. The van der Waals surface area contributed by atoms with Crippen LogP contribution in [0.3, 0.4) is 0 Å². The molecule has 0 bridgehead atoms. The van der Waals surface area contributed by atoms with Gasteiger partial charge in [-0.3, -0.25) is 9.78 Å². The van der Waals surface area contributed by atoms with Gasteiger partial charge >= 0.3 is 0 Å². The lowest BCUT2D eigenvalue weighted by Crippen LogP contribution is -2.49. The average Bonchev–Trinajstić information content (AvgIpc) is 2.79. The summed E-state index contributed by atoms with van der Waals surface area (Å²) in [6, 6.07) is 11.4. The van der Waals surface area contributed by atoms with Crippen molar-refractivity contribution in [1.82, 2.24) is 24.8 Å². The van der Waals surface area contributed by atoms with Crippen LogP contribution in [0.25, 0.3) is 0 Å². The lowest BCUT2D eigenvalue weighted by molar-refractivity contribution is 0.0740. The summed E-state index contributed by atoms with van der Waals surface area (Å²) >= 11 is 0. The van der Waals surface area contributed by atoms with Gasteiger partial charge in [0, 0.05) is 57.5 Å². The Hall–Kier alpha value is -3.55. The molecule has 1 saturated heterocycles. The molecule has 0 spiro atoms. The van der Waals surface area contributed by atoms with E-state index in [-0.39, 0.29) is 5.91 Å². The summed E-state index contributed by atoms with van der Waals surface area (Å²) in [5.41, 5.74) is 1.47. The van der Waals surface area contributed by atoms with E-state index in [1.54, 1.807) is 30.9 Å². The number of piperazine rings is 1. The highest BCUT2D eigenvalue weighted by Crippen LogP contribution is 2.14. The van der Waals surface area contributed by atoms with Crippen LogP contribution in [0.5, 0.6) is 0 Å². The maximum atomic E-state index is 12.8. The summed E-state index contributed by atoms with van der Waals surface area (Å²) < 4.78 is 0. The summed E-state index contributed by atoms with van der Waals surface area (Å²) in [7, 11) is 0. The fraction of sp³-hybridized carbons (Fsp3) is 0.250. The Labute approximate surface area is 163 Å². The van der Waals surface area contributed by atoms with Crippen molar-refractivity contribution in [3.63, 3.8) is 0 Å². The van der Waals surface area contributed by atoms with Crippen molar-refractivity contribution >= 4 is 17.7 Å². The molecule has 4 heterocycles. The van der Waals surface area contributed by atoms with Crippen LogP contribution < -0.4 is 10.2 Å². The zero-order chi connectivity index (χ0) is 19.2. The second-order valence-electron chi connectivity index (χ2n) is 6.44. The standard InChI is InChI=1S/C20H21N7O/c28-19(27-13-11-26(12-14-27)18-3-1-2-7-22-18)17-6-10-23-20(25-17)24-15-16-4-8-21-9-5-16/h1-10H,11-15H2,(H,23,24,25). The molecule has 1 N–H and O–H groups in total. The normalized spacial score (nSPS) is 14.0.